The minimum absolute atomic E-state index is 0. The second-order valence-corrected chi connectivity index (χ2v) is 7.26. The summed E-state index contributed by atoms with van der Waals surface area (Å²) in [5, 5.41) is 6.25. The van der Waals surface area contributed by atoms with E-state index in [1.54, 1.807) is 0 Å². The van der Waals surface area contributed by atoms with Crippen molar-refractivity contribution >= 4 is 35.8 Å². The number of amides is 1. The van der Waals surface area contributed by atoms with Crippen LogP contribution in [0.15, 0.2) is 29.3 Å². The molecule has 1 aromatic rings. The van der Waals surface area contributed by atoms with Crippen LogP contribution in [0.5, 0.6) is 0 Å². The summed E-state index contributed by atoms with van der Waals surface area (Å²) in [4.78, 5) is 21.6. The zero-order chi connectivity index (χ0) is 19.8. The minimum atomic E-state index is -0.0305. The smallest absolute Gasteiger partial charge is 0.251 e. The number of halogens is 1. The molecular weight excluding hydrogens is 481 g/mol. The molecule has 0 radical (unpaired) electrons. The number of aliphatic imine (C=N–C) groups is 1. The summed E-state index contributed by atoms with van der Waals surface area (Å²) in [7, 11) is 0. The van der Waals surface area contributed by atoms with Gasteiger partial charge in [0.25, 0.3) is 5.91 Å². The molecule has 8 heteroatoms. The summed E-state index contributed by atoms with van der Waals surface area (Å²) in [6.45, 7) is 11.9. The third-order valence-electron chi connectivity index (χ3n) is 5.32. The van der Waals surface area contributed by atoms with Crippen LogP contribution >= 0.6 is 24.0 Å². The van der Waals surface area contributed by atoms with Crippen LogP contribution in [-0.4, -0.2) is 80.2 Å². The van der Waals surface area contributed by atoms with Crippen molar-refractivity contribution in [3.8, 4) is 0 Å². The first-order valence-electron chi connectivity index (χ1n) is 10.4. The molecule has 1 aromatic carbocycles. The maximum Gasteiger partial charge on any atom is 0.251 e. The first-order chi connectivity index (χ1) is 13.7. The van der Waals surface area contributed by atoms with Crippen molar-refractivity contribution in [3.63, 3.8) is 0 Å². The second kappa shape index (κ2) is 12.3. The summed E-state index contributed by atoms with van der Waals surface area (Å²) in [6, 6.07) is 8.29. The van der Waals surface area contributed by atoms with Gasteiger partial charge in [0.15, 0.2) is 5.96 Å². The van der Waals surface area contributed by atoms with Crippen LogP contribution in [0.25, 0.3) is 0 Å². The van der Waals surface area contributed by atoms with Gasteiger partial charge in [0.2, 0.25) is 0 Å². The van der Waals surface area contributed by atoms with E-state index >= 15 is 0 Å². The lowest BCUT2D eigenvalue weighted by atomic mass is 10.1. The van der Waals surface area contributed by atoms with Crippen molar-refractivity contribution in [1.82, 2.24) is 20.4 Å². The Hall–Kier alpha value is -1.39. The van der Waals surface area contributed by atoms with Gasteiger partial charge in [-0.05, 0) is 38.0 Å². The first-order valence-corrected chi connectivity index (χ1v) is 10.4. The normalized spacial score (nSPS) is 20.3. The summed E-state index contributed by atoms with van der Waals surface area (Å²) < 4.78 is 5.48. The van der Waals surface area contributed by atoms with Gasteiger partial charge in [0.05, 0.1) is 19.8 Å². The molecule has 2 aliphatic rings. The number of hydrogen-bond acceptors (Lipinski definition) is 4. The van der Waals surface area contributed by atoms with Crippen LogP contribution < -0.4 is 10.6 Å². The predicted octanol–water partition coefficient (Wildman–Crippen LogP) is 1.93. The number of carbonyl (C=O) groups excluding carboxylic acids is 1. The predicted molar refractivity (Wildman–Crippen MR) is 127 cm³/mol. The molecule has 2 saturated heterocycles. The summed E-state index contributed by atoms with van der Waals surface area (Å²) >= 11 is 0. The van der Waals surface area contributed by atoms with Crippen LogP contribution in [-0.2, 0) is 11.3 Å². The van der Waals surface area contributed by atoms with E-state index in [0.29, 0.717) is 24.7 Å². The Balaban J connectivity index is 0.00000300. The number of guanidine groups is 1. The molecule has 29 heavy (non-hydrogen) atoms. The molecule has 0 bridgehead atoms. The zero-order valence-electron chi connectivity index (χ0n) is 17.5. The summed E-state index contributed by atoms with van der Waals surface area (Å²) in [5.74, 6) is 0.947. The molecule has 0 spiro atoms. The van der Waals surface area contributed by atoms with Gasteiger partial charge >= 0.3 is 0 Å². The van der Waals surface area contributed by atoms with Gasteiger partial charge in [-0.2, -0.15) is 0 Å². The molecule has 0 aromatic heterocycles. The summed E-state index contributed by atoms with van der Waals surface area (Å²) in [5.41, 5.74) is 1.79. The molecule has 1 atom stereocenters. The molecule has 2 N–H and O–H groups in total. The number of nitrogens with zero attached hydrogens (tertiary/aromatic N) is 3. The Morgan fingerprint density at radius 2 is 1.79 bits per heavy atom. The average Bonchev–Trinajstić information content (AvgIpc) is 3.22. The SMILES string of the molecule is CCNC(=O)c1ccc(CN=C(NCC)N2CCC(N3CCOCC3)C2)cc1.I. The average molecular weight is 515 g/mol. The van der Waals surface area contributed by atoms with Crippen LogP contribution in [0.3, 0.4) is 0 Å². The molecule has 2 fully saturated rings. The molecule has 162 valence electrons. The van der Waals surface area contributed by atoms with Crippen molar-refractivity contribution in [1.29, 1.82) is 0 Å². The standard InChI is InChI=1S/C21H33N5O2.HI/c1-3-22-20(27)18-7-5-17(6-8-18)15-24-21(23-4-2)26-10-9-19(16-26)25-11-13-28-14-12-25;/h5-8,19H,3-4,9-16H2,1-2H3,(H,22,27)(H,23,24);1H. The Labute approximate surface area is 191 Å². The lowest BCUT2D eigenvalue weighted by molar-refractivity contribution is 0.0195. The highest BCUT2D eigenvalue weighted by atomic mass is 127. The van der Waals surface area contributed by atoms with Crippen molar-refractivity contribution in [2.24, 2.45) is 4.99 Å². The largest absolute Gasteiger partial charge is 0.379 e. The fourth-order valence-electron chi connectivity index (χ4n) is 3.79. The monoisotopic (exact) mass is 515 g/mol. The van der Waals surface area contributed by atoms with Crippen molar-refractivity contribution in [3.05, 3.63) is 35.4 Å². The third-order valence-corrected chi connectivity index (χ3v) is 5.32. The van der Waals surface area contributed by atoms with Crippen molar-refractivity contribution < 1.29 is 9.53 Å². The molecule has 0 aliphatic carbocycles. The molecule has 2 aliphatic heterocycles. The Morgan fingerprint density at radius 3 is 2.45 bits per heavy atom. The fourth-order valence-corrected chi connectivity index (χ4v) is 3.79. The number of hydrogen-bond donors (Lipinski definition) is 2. The second-order valence-electron chi connectivity index (χ2n) is 7.26. The Bertz CT molecular complexity index is 662. The van der Waals surface area contributed by atoms with E-state index in [1.165, 1.54) is 6.42 Å². The van der Waals surface area contributed by atoms with Gasteiger partial charge in [-0.3, -0.25) is 9.69 Å². The highest BCUT2D eigenvalue weighted by molar-refractivity contribution is 14.0. The van der Waals surface area contributed by atoms with E-state index in [9.17, 15) is 4.79 Å². The minimum Gasteiger partial charge on any atom is -0.379 e. The van der Waals surface area contributed by atoms with Crippen LogP contribution in [0.2, 0.25) is 0 Å². The van der Waals surface area contributed by atoms with Crippen LogP contribution in [0.4, 0.5) is 0 Å². The number of nitrogens with one attached hydrogen (secondary N) is 2. The Kier molecular flexibility index (Phi) is 10.2. The van der Waals surface area contributed by atoms with Gasteiger partial charge in [0.1, 0.15) is 0 Å². The number of carbonyl (C=O) groups is 1. The van der Waals surface area contributed by atoms with E-state index in [2.05, 4.69) is 27.4 Å². The lowest BCUT2D eigenvalue weighted by Crippen LogP contribution is -2.46. The van der Waals surface area contributed by atoms with Gasteiger partial charge in [-0.25, -0.2) is 4.99 Å². The van der Waals surface area contributed by atoms with Crippen LogP contribution in [0.1, 0.15) is 36.2 Å². The number of morpholine rings is 1. The van der Waals surface area contributed by atoms with E-state index in [0.717, 1.165) is 57.5 Å². The van der Waals surface area contributed by atoms with Crippen molar-refractivity contribution in [2.45, 2.75) is 32.9 Å². The van der Waals surface area contributed by atoms with Crippen molar-refractivity contribution in [2.75, 3.05) is 52.5 Å². The quantitative estimate of drug-likeness (QED) is 0.345. The van der Waals surface area contributed by atoms with Gasteiger partial charge in [0, 0.05) is 50.9 Å². The zero-order valence-corrected chi connectivity index (χ0v) is 19.9. The van der Waals surface area contributed by atoms with E-state index in [1.807, 2.05) is 31.2 Å². The lowest BCUT2D eigenvalue weighted by Gasteiger charge is -2.32. The third kappa shape index (κ3) is 6.82. The molecular formula is C21H34IN5O2. The van der Waals surface area contributed by atoms with Gasteiger partial charge in [-0.1, -0.05) is 12.1 Å². The molecule has 1 unspecified atom stereocenters. The first kappa shape index (κ1) is 23.9. The number of likely N-dealkylation sites (tertiary alicyclic amines) is 1. The van der Waals surface area contributed by atoms with E-state index < -0.39 is 0 Å². The molecule has 1 amide bonds. The molecule has 3 rings (SSSR count). The fraction of sp³-hybridized carbons (Fsp3) is 0.619. The number of rotatable bonds is 6. The van der Waals surface area contributed by atoms with Crippen LogP contribution in [0, 0.1) is 0 Å². The van der Waals surface area contributed by atoms with E-state index in [4.69, 9.17) is 9.73 Å². The molecule has 7 nitrogen and oxygen atoms in total. The van der Waals surface area contributed by atoms with E-state index in [-0.39, 0.29) is 29.9 Å². The number of benzene rings is 1. The highest BCUT2D eigenvalue weighted by Gasteiger charge is 2.30. The Morgan fingerprint density at radius 1 is 1.10 bits per heavy atom. The summed E-state index contributed by atoms with van der Waals surface area (Å²) in [6.07, 6.45) is 1.17. The number of ether oxygens (including phenoxy) is 1. The van der Waals surface area contributed by atoms with Gasteiger partial charge < -0.3 is 20.3 Å². The molecule has 0 saturated carbocycles. The molecule has 2 heterocycles. The maximum absolute atomic E-state index is 11.9. The maximum atomic E-state index is 11.9. The highest BCUT2D eigenvalue weighted by Crippen LogP contribution is 2.17. The van der Waals surface area contributed by atoms with Gasteiger partial charge in [-0.15, -0.1) is 24.0 Å². The topological polar surface area (TPSA) is 69.2 Å².